The Bertz CT molecular complexity index is 680. The van der Waals surface area contributed by atoms with Crippen molar-refractivity contribution < 1.29 is 8.95 Å². The SMILES string of the molecule is CCNC(=NCc1c(C)nn(CCOC)c1C)NC1CCCC(S(=O)CC)C1.I. The first kappa shape index (κ1) is 26.4. The summed E-state index contributed by atoms with van der Waals surface area (Å²) in [6.07, 6.45) is 4.26. The van der Waals surface area contributed by atoms with E-state index in [1.54, 1.807) is 7.11 Å². The molecule has 2 N–H and O–H groups in total. The normalized spacial score (nSPS) is 20.8. The van der Waals surface area contributed by atoms with Crippen molar-refractivity contribution in [1.29, 1.82) is 0 Å². The van der Waals surface area contributed by atoms with E-state index in [1.807, 2.05) is 18.5 Å². The van der Waals surface area contributed by atoms with E-state index in [2.05, 4.69) is 29.6 Å². The van der Waals surface area contributed by atoms with Crippen LogP contribution in [-0.2, 0) is 28.6 Å². The molecule has 3 atom stereocenters. The fraction of sp³-hybridized carbons (Fsp3) is 0.800. The van der Waals surface area contributed by atoms with Crippen molar-refractivity contribution in [3.63, 3.8) is 0 Å². The van der Waals surface area contributed by atoms with Gasteiger partial charge in [-0.2, -0.15) is 5.10 Å². The summed E-state index contributed by atoms with van der Waals surface area (Å²) in [7, 11) is 0.991. The Labute approximate surface area is 195 Å². The van der Waals surface area contributed by atoms with E-state index < -0.39 is 10.8 Å². The number of ether oxygens (including phenoxy) is 1. The molecule has 3 unspecified atom stereocenters. The Kier molecular flexibility index (Phi) is 12.3. The Morgan fingerprint density at radius 3 is 2.76 bits per heavy atom. The number of aliphatic imine (C=N–C) groups is 1. The quantitative estimate of drug-likeness (QED) is 0.287. The molecule has 0 aliphatic heterocycles. The number of rotatable bonds is 9. The van der Waals surface area contributed by atoms with Crippen LogP contribution in [-0.4, -0.2) is 57.3 Å². The van der Waals surface area contributed by atoms with E-state index in [0.29, 0.717) is 24.4 Å². The number of hydrogen-bond acceptors (Lipinski definition) is 4. The zero-order valence-electron chi connectivity index (χ0n) is 18.5. The maximum Gasteiger partial charge on any atom is 0.191 e. The Balaban J connectivity index is 0.00000420. The van der Waals surface area contributed by atoms with E-state index >= 15 is 0 Å². The maximum absolute atomic E-state index is 12.2. The van der Waals surface area contributed by atoms with E-state index in [1.165, 1.54) is 5.56 Å². The molecule has 29 heavy (non-hydrogen) atoms. The molecule has 1 saturated carbocycles. The third-order valence-corrected chi connectivity index (χ3v) is 7.14. The predicted molar refractivity (Wildman–Crippen MR) is 132 cm³/mol. The first-order valence-corrected chi connectivity index (χ1v) is 11.8. The van der Waals surface area contributed by atoms with Crippen LogP contribution in [0.5, 0.6) is 0 Å². The third kappa shape index (κ3) is 7.82. The molecule has 1 aliphatic rings. The van der Waals surface area contributed by atoms with Crippen molar-refractivity contribution in [3.8, 4) is 0 Å². The van der Waals surface area contributed by atoms with Crippen molar-refractivity contribution in [2.75, 3.05) is 26.0 Å². The van der Waals surface area contributed by atoms with Crippen LogP contribution in [0.25, 0.3) is 0 Å². The molecule has 7 nitrogen and oxygen atoms in total. The third-order valence-electron chi connectivity index (χ3n) is 5.40. The van der Waals surface area contributed by atoms with Gasteiger partial charge in [-0.3, -0.25) is 8.89 Å². The molecule has 0 radical (unpaired) electrons. The zero-order chi connectivity index (χ0) is 20.5. The van der Waals surface area contributed by atoms with Gasteiger partial charge in [0.15, 0.2) is 5.96 Å². The van der Waals surface area contributed by atoms with Crippen LogP contribution in [0.2, 0.25) is 0 Å². The summed E-state index contributed by atoms with van der Waals surface area (Å²) in [6.45, 7) is 11.0. The predicted octanol–water partition coefficient (Wildman–Crippen LogP) is 2.90. The molecule has 168 valence electrons. The molecule has 1 aromatic heterocycles. The average Bonchev–Trinajstić information content (AvgIpc) is 2.97. The van der Waals surface area contributed by atoms with Gasteiger partial charge in [0.25, 0.3) is 0 Å². The largest absolute Gasteiger partial charge is 0.383 e. The molecule has 0 amide bonds. The van der Waals surface area contributed by atoms with Crippen LogP contribution in [0.3, 0.4) is 0 Å². The van der Waals surface area contributed by atoms with Crippen LogP contribution in [0.4, 0.5) is 0 Å². The fourth-order valence-electron chi connectivity index (χ4n) is 3.78. The zero-order valence-corrected chi connectivity index (χ0v) is 21.6. The molecule has 1 aromatic rings. The van der Waals surface area contributed by atoms with Crippen LogP contribution in [0.15, 0.2) is 4.99 Å². The van der Waals surface area contributed by atoms with Gasteiger partial charge in [0, 0.05) is 52.8 Å². The van der Waals surface area contributed by atoms with Gasteiger partial charge in [-0.25, -0.2) is 4.99 Å². The lowest BCUT2D eigenvalue weighted by Gasteiger charge is -2.30. The number of nitrogens with zero attached hydrogens (tertiary/aromatic N) is 3. The van der Waals surface area contributed by atoms with Gasteiger partial charge in [0.1, 0.15) is 0 Å². The van der Waals surface area contributed by atoms with Gasteiger partial charge in [-0.1, -0.05) is 13.3 Å². The summed E-state index contributed by atoms with van der Waals surface area (Å²) < 4.78 is 19.4. The smallest absolute Gasteiger partial charge is 0.191 e. The van der Waals surface area contributed by atoms with Gasteiger partial charge in [-0.15, -0.1) is 24.0 Å². The summed E-state index contributed by atoms with van der Waals surface area (Å²) in [5.74, 6) is 1.58. The molecule has 0 saturated heterocycles. The molecule has 1 fully saturated rings. The molecular formula is C20H38IN5O2S. The number of hydrogen-bond donors (Lipinski definition) is 2. The molecular weight excluding hydrogens is 501 g/mol. The second-order valence-electron chi connectivity index (χ2n) is 7.36. The summed E-state index contributed by atoms with van der Waals surface area (Å²) in [4.78, 5) is 4.82. The number of aryl methyl sites for hydroxylation is 1. The van der Waals surface area contributed by atoms with E-state index in [-0.39, 0.29) is 24.0 Å². The Hall–Kier alpha value is -0.680. The lowest BCUT2D eigenvalue weighted by atomic mass is 9.95. The number of aromatic nitrogens is 2. The fourth-order valence-corrected chi connectivity index (χ4v) is 5.13. The Morgan fingerprint density at radius 1 is 1.34 bits per heavy atom. The molecule has 1 aliphatic carbocycles. The van der Waals surface area contributed by atoms with Gasteiger partial charge in [-0.05, 0) is 40.0 Å². The Morgan fingerprint density at radius 2 is 2.10 bits per heavy atom. The first-order valence-electron chi connectivity index (χ1n) is 10.4. The van der Waals surface area contributed by atoms with Crippen LogP contribution in [0, 0.1) is 13.8 Å². The van der Waals surface area contributed by atoms with Gasteiger partial charge >= 0.3 is 0 Å². The minimum absolute atomic E-state index is 0. The lowest BCUT2D eigenvalue weighted by Crippen LogP contribution is -2.46. The molecule has 2 rings (SSSR count). The highest BCUT2D eigenvalue weighted by Crippen LogP contribution is 2.23. The van der Waals surface area contributed by atoms with E-state index in [4.69, 9.17) is 9.73 Å². The number of nitrogens with one attached hydrogen (secondary N) is 2. The van der Waals surface area contributed by atoms with E-state index in [9.17, 15) is 4.21 Å². The maximum atomic E-state index is 12.2. The van der Waals surface area contributed by atoms with Crippen LogP contribution >= 0.6 is 24.0 Å². The number of halogens is 1. The average molecular weight is 540 g/mol. The summed E-state index contributed by atoms with van der Waals surface area (Å²) >= 11 is 0. The highest BCUT2D eigenvalue weighted by atomic mass is 127. The molecule has 0 bridgehead atoms. The summed E-state index contributed by atoms with van der Waals surface area (Å²) in [5, 5.41) is 11.9. The second-order valence-corrected chi connectivity index (χ2v) is 9.37. The van der Waals surface area contributed by atoms with Crippen molar-refractivity contribution in [2.45, 2.75) is 77.8 Å². The monoisotopic (exact) mass is 539 g/mol. The standard InChI is InChI=1S/C20H37N5O2S.HI/c1-6-21-20(23-17-9-8-10-18(13-17)28(26)7-2)22-14-19-15(3)24-25(16(19)4)11-12-27-5;/h17-18H,6-14H2,1-5H3,(H2,21,22,23);1H. The van der Waals surface area contributed by atoms with Crippen LogP contribution < -0.4 is 10.6 Å². The highest BCUT2D eigenvalue weighted by molar-refractivity contribution is 14.0. The molecule has 0 spiro atoms. The summed E-state index contributed by atoms with van der Waals surface area (Å²) in [6, 6.07) is 0.332. The molecule has 0 aromatic carbocycles. The van der Waals surface area contributed by atoms with E-state index in [0.717, 1.165) is 61.9 Å². The van der Waals surface area contributed by atoms with Crippen molar-refractivity contribution >= 4 is 40.7 Å². The van der Waals surface area contributed by atoms with Crippen LogP contribution in [0.1, 0.15) is 56.5 Å². The van der Waals surface area contributed by atoms with Crippen molar-refractivity contribution in [1.82, 2.24) is 20.4 Å². The van der Waals surface area contributed by atoms with Gasteiger partial charge in [0.05, 0.1) is 25.4 Å². The molecule has 1 heterocycles. The minimum Gasteiger partial charge on any atom is -0.383 e. The number of methoxy groups -OCH3 is 1. The van der Waals surface area contributed by atoms with Gasteiger partial charge in [0.2, 0.25) is 0 Å². The van der Waals surface area contributed by atoms with Gasteiger partial charge < -0.3 is 15.4 Å². The first-order chi connectivity index (χ1) is 13.5. The second kappa shape index (κ2) is 13.6. The number of guanidine groups is 1. The minimum atomic E-state index is -0.714. The highest BCUT2D eigenvalue weighted by Gasteiger charge is 2.26. The summed E-state index contributed by atoms with van der Waals surface area (Å²) in [5.41, 5.74) is 3.33. The molecule has 9 heteroatoms. The topological polar surface area (TPSA) is 80.5 Å². The van der Waals surface area contributed by atoms with Crippen molar-refractivity contribution in [3.05, 3.63) is 17.0 Å². The lowest BCUT2D eigenvalue weighted by molar-refractivity contribution is 0.182. The van der Waals surface area contributed by atoms with Crippen molar-refractivity contribution in [2.24, 2.45) is 4.99 Å².